The Bertz CT molecular complexity index is 498. The number of hydrogen-bond donors (Lipinski definition) is 2. The average Bonchev–Trinajstić information content (AvgIpc) is 3.19. The number of benzene rings is 1. The average molecular weight is 274 g/mol. The first-order valence-corrected chi connectivity index (χ1v) is 7.46. The molecule has 1 saturated carbocycles. The molecule has 0 spiro atoms. The first-order valence-electron chi connectivity index (χ1n) is 7.46. The van der Waals surface area contributed by atoms with Gasteiger partial charge in [-0.05, 0) is 43.2 Å². The summed E-state index contributed by atoms with van der Waals surface area (Å²) in [6, 6.07) is 8.34. The van der Waals surface area contributed by atoms with E-state index in [0.29, 0.717) is 18.4 Å². The van der Waals surface area contributed by atoms with E-state index in [-0.39, 0.29) is 17.4 Å². The summed E-state index contributed by atoms with van der Waals surface area (Å²) in [6.07, 6.45) is 0.954. The maximum Gasteiger partial charge on any atom is 0.224 e. The molecule has 3 unspecified atom stereocenters. The molecule has 3 heteroatoms. The number of carbonyl (C=O) groups excluding carboxylic acids is 1. The van der Waals surface area contributed by atoms with Gasteiger partial charge in [-0.15, -0.1) is 0 Å². The number of hydrogen-bond acceptors (Lipinski definition) is 2. The SMILES string of the molecule is Cc1ccccc1C1CC1C(=O)NC(C)(CN)C(C)C. The topological polar surface area (TPSA) is 55.1 Å². The third kappa shape index (κ3) is 2.88. The van der Waals surface area contributed by atoms with E-state index in [4.69, 9.17) is 5.73 Å². The molecule has 0 heterocycles. The summed E-state index contributed by atoms with van der Waals surface area (Å²) in [5.74, 6) is 0.970. The summed E-state index contributed by atoms with van der Waals surface area (Å²) < 4.78 is 0. The molecule has 0 bridgehead atoms. The van der Waals surface area contributed by atoms with Crippen molar-refractivity contribution < 1.29 is 4.79 Å². The van der Waals surface area contributed by atoms with Gasteiger partial charge in [0.1, 0.15) is 0 Å². The number of carbonyl (C=O) groups is 1. The van der Waals surface area contributed by atoms with Crippen molar-refractivity contribution in [3.05, 3.63) is 35.4 Å². The van der Waals surface area contributed by atoms with Gasteiger partial charge in [0, 0.05) is 12.5 Å². The van der Waals surface area contributed by atoms with Gasteiger partial charge in [-0.1, -0.05) is 38.1 Å². The maximum absolute atomic E-state index is 12.4. The summed E-state index contributed by atoms with van der Waals surface area (Å²) >= 11 is 0. The second-order valence-electron chi connectivity index (χ2n) is 6.57. The number of rotatable bonds is 5. The molecule has 3 N–H and O–H groups in total. The van der Waals surface area contributed by atoms with Gasteiger partial charge in [-0.2, -0.15) is 0 Å². The van der Waals surface area contributed by atoms with Crippen LogP contribution < -0.4 is 11.1 Å². The van der Waals surface area contributed by atoms with Crippen LogP contribution in [0.4, 0.5) is 0 Å². The minimum atomic E-state index is -0.310. The van der Waals surface area contributed by atoms with E-state index in [2.05, 4.69) is 38.2 Å². The van der Waals surface area contributed by atoms with Crippen LogP contribution in [0.25, 0.3) is 0 Å². The molecule has 2 rings (SSSR count). The highest BCUT2D eigenvalue weighted by molar-refractivity contribution is 5.83. The van der Waals surface area contributed by atoms with Gasteiger partial charge in [0.05, 0.1) is 5.54 Å². The highest BCUT2D eigenvalue weighted by atomic mass is 16.2. The van der Waals surface area contributed by atoms with Gasteiger partial charge in [-0.25, -0.2) is 0 Å². The second-order valence-corrected chi connectivity index (χ2v) is 6.57. The lowest BCUT2D eigenvalue weighted by atomic mass is 9.88. The molecule has 1 amide bonds. The Morgan fingerprint density at radius 2 is 2.10 bits per heavy atom. The molecule has 0 radical (unpaired) electrons. The summed E-state index contributed by atoms with van der Waals surface area (Å²) in [5, 5.41) is 3.16. The molecule has 3 atom stereocenters. The molecule has 0 aliphatic heterocycles. The van der Waals surface area contributed by atoms with E-state index in [9.17, 15) is 4.79 Å². The lowest BCUT2D eigenvalue weighted by molar-refractivity contribution is -0.124. The standard InChI is InChI=1S/C17H26N2O/c1-11(2)17(4,10-18)19-16(20)15-9-14(15)13-8-6-5-7-12(13)3/h5-8,11,14-15H,9-10,18H2,1-4H3,(H,19,20). The van der Waals surface area contributed by atoms with Crippen LogP contribution in [0, 0.1) is 18.8 Å². The van der Waals surface area contributed by atoms with Crippen LogP contribution in [0.3, 0.4) is 0 Å². The van der Waals surface area contributed by atoms with Crippen molar-refractivity contribution in [2.45, 2.75) is 45.6 Å². The van der Waals surface area contributed by atoms with E-state index in [1.54, 1.807) is 0 Å². The molecule has 0 aromatic heterocycles. The van der Waals surface area contributed by atoms with Crippen molar-refractivity contribution in [2.75, 3.05) is 6.54 Å². The normalized spacial score (nSPS) is 24.3. The Labute approximate surface area is 121 Å². The maximum atomic E-state index is 12.4. The molecule has 3 nitrogen and oxygen atoms in total. The number of nitrogens with one attached hydrogen (secondary N) is 1. The minimum Gasteiger partial charge on any atom is -0.349 e. The zero-order valence-corrected chi connectivity index (χ0v) is 12.9. The molecule has 1 aromatic carbocycles. The van der Waals surface area contributed by atoms with Gasteiger partial charge in [0.15, 0.2) is 0 Å². The minimum absolute atomic E-state index is 0.112. The fourth-order valence-corrected chi connectivity index (χ4v) is 2.64. The molecule has 110 valence electrons. The quantitative estimate of drug-likeness (QED) is 0.867. The fourth-order valence-electron chi connectivity index (χ4n) is 2.64. The Morgan fingerprint density at radius 3 is 2.65 bits per heavy atom. The summed E-state index contributed by atoms with van der Waals surface area (Å²) in [4.78, 5) is 12.4. The van der Waals surface area contributed by atoms with Crippen LogP contribution in [-0.2, 0) is 4.79 Å². The van der Waals surface area contributed by atoms with Crippen LogP contribution in [0.5, 0.6) is 0 Å². The molecular formula is C17H26N2O. The van der Waals surface area contributed by atoms with Crippen LogP contribution in [0.15, 0.2) is 24.3 Å². The smallest absolute Gasteiger partial charge is 0.224 e. The first-order chi connectivity index (χ1) is 9.39. The van der Waals surface area contributed by atoms with Gasteiger partial charge in [0.2, 0.25) is 5.91 Å². The van der Waals surface area contributed by atoms with Gasteiger partial charge >= 0.3 is 0 Å². The largest absolute Gasteiger partial charge is 0.349 e. The predicted octanol–water partition coefficient (Wildman–Crippen LogP) is 2.59. The van der Waals surface area contributed by atoms with Crippen LogP contribution >= 0.6 is 0 Å². The third-order valence-corrected chi connectivity index (χ3v) is 4.82. The lowest BCUT2D eigenvalue weighted by Crippen LogP contribution is -2.55. The van der Waals surface area contributed by atoms with Crippen molar-refractivity contribution in [2.24, 2.45) is 17.6 Å². The first kappa shape index (κ1) is 15.0. The highest BCUT2D eigenvalue weighted by Crippen LogP contribution is 2.48. The third-order valence-electron chi connectivity index (χ3n) is 4.82. The van der Waals surface area contributed by atoms with Gasteiger partial charge in [0.25, 0.3) is 0 Å². The monoisotopic (exact) mass is 274 g/mol. The van der Waals surface area contributed by atoms with Crippen LogP contribution in [-0.4, -0.2) is 18.0 Å². The molecule has 1 aliphatic carbocycles. The number of aryl methyl sites for hydroxylation is 1. The number of amides is 1. The fraction of sp³-hybridized carbons (Fsp3) is 0.588. The van der Waals surface area contributed by atoms with Crippen molar-refractivity contribution >= 4 is 5.91 Å². The predicted molar refractivity (Wildman–Crippen MR) is 82.5 cm³/mol. The Morgan fingerprint density at radius 1 is 1.45 bits per heavy atom. The molecule has 1 fully saturated rings. The van der Waals surface area contributed by atoms with Crippen molar-refractivity contribution in [3.8, 4) is 0 Å². The van der Waals surface area contributed by atoms with E-state index in [0.717, 1.165) is 6.42 Å². The Hall–Kier alpha value is -1.35. The molecule has 0 saturated heterocycles. The zero-order valence-electron chi connectivity index (χ0n) is 12.9. The van der Waals surface area contributed by atoms with Crippen molar-refractivity contribution in [3.63, 3.8) is 0 Å². The van der Waals surface area contributed by atoms with Gasteiger partial charge in [-0.3, -0.25) is 4.79 Å². The van der Waals surface area contributed by atoms with Crippen LogP contribution in [0.2, 0.25) is 0 Å². The van der Waals surface area contributed by atoms with E-state index in [1.165, 1.54) is 11.1 Å². The zero-order chi connectivity index (χ0) is 14.9. The second kappa shape index (κ2) is 5.57. The van der Waals surface area contributed by atoms with E-state index in [1.807, 2.05) is 19.1 Å². The van der Waals surface area contributed by atoms with E-state index >= 15 is 0 Å². The van der Waals surface area contributed by atoms with Crippen molar-refractivity contribution in [1.29, 1.82) is 0 Å². The Balaban J connectivity index is 2.02. The molecular weight excluding hydrogens is 248 g/mol. The van der Waals surface area contributed by atoms with Crippen molar-refractivity contribution in [1.82, 2.24) is 5.32 Å². The highest BCUT2D eigenvalue weighted by Gasteiger charge is 2.46. The Kier molecular flexibility index (Phi) is 4.19. The lowest BCUT2D eigenvalue weighted by Gasteiger charge is -2.33. The summed E-state index contributed by atoms with van der Waals surface area (Å²) in [6.45, 7) is 8.80. The van der Waals surface area contributed by atoms with Crippen LogP contribution in [0.1, 0.15) is 44.2 Å². The summed E-state index contributed by atoms with van der Waals surface area (Å²) in [7, 11) is 0. The summed E-state index contributed by atoms with van der Waals surface area (Å²) in [5.41, 5.74) is 8.11. The number of nitrogens with two attached hydrogens (primary N) is 1. The molecule has 1 aliphatic rings. The molecule has 20 heavy (non-hydrogen) atoms. The van der Waals surface area contributed by atoms with E-state index < -0.39 is 0 Å². The molecule has 1 aromatic rings. The van der Waals surface area contributed by atoms with Gasteiger partial charge < -0.3 is 11.1 Å².